The summed E-state index contributed by atoms with van der Waals surface area (Å²) in [5, 5.41) is 10.3. The number of fused-ring (bicyclic) bond motifs is 1. The van der Waals surface area contributed by atoms with Gasteiger partial charge < -0.3 is 10.1 Å². The molecule has 0 unspecified atom stereocenters. The van der Waals surface area contributed by atoms with Crippen LogP contribution in [0.2, 0.25) is 0 Å². The molecule has 1 aromatic carbocycles. The molecule has 1 amide bonds. The molecule has 0 aliphatic carbocycles. The Morgan fingerprint density at radius 1 is 1.29 bits per heavy atom. The van der Waals surface area contributed by atoms with E-state index >= 15 is 0 Å². The Bertz CT molecular complexity index is 761. The van der Waals surface area contributed by atoms with Crippen molar-refractivity contribution in [1.29, 1.82) is 0 Å². The minimum atomic E-state index is -4.36. The van der Waals surface area contributed by atoms with Crippen molar-refractivity contribution in [2.75, 3.05) is 19.8 Å². The highest BCUT2D eigenvalue weighted by Crippen LogP contribution is 2.14. The number of benzene rings is 1. The van der Waals surface area contributed by atoms with Gasteiger partial charge in [0.1, 0.15) is 18.7 Å². The molecule has 10 heteroatoms. The van der Waals surface area contributed by atoms with Crippen molar-refractivity contribution < 1.29 is 22.7 Å². The molecule has 0 aliphatic heterocycles. The normalized spacial score (nSPS) is 11.6. The average Bonchev–Trinajstić information content (AvgIpc) is 2.53. The number of hydrogen-bond donors (Lipinski definition) is 1. The second kappa shape index (κ2) is 7.86. The van der Waals surface area contributed by atoms with Gasteiger partial charge >= 0.3 is 6.18 Å². The van der Waals surface area contributed by atoms with E-state index in [9.17, 15) is 22.8 Å². The first kappa shape index (κ1) is 17.9. The van der Waals surface area contributed by atoms with Crippen LogP contribution in [-0.2, 0) is 16.1 Å². The number of ether oxygens (including phenoxy) is 1. The summed E-state index contributed by atoms with van der Waals surface area (Å²) in [6.45, 7) is -1.63. The van der Waals surface area contributed by atoms with Gasteiger partial charge in [0, 0.05) is 13.2 Å². The highest BCUT2D eigenvalue weighted by Gasteiger charge is 2.27. The first-order chi connectivity index (χ1) is 11.4. The summed E-state index contributed by atoms with van der Waals surface area (Å²) in [4.78, 5) is 23.9. The molecule has 0 fully saturated rings. The monoisotopic (exact) mass is 344 g/mol. The first-order valence-corrected chi connectivity index (χ1v) is 7.10. The van der Waals surface area contributed by atoms with Crippen LogP contribution in [0.25, 0.3) is 10.9 Å². The maximum atomic E-state index is 12.1. The number of carbonyl (C=O) groups excluding carboxylic acids is 1. The molecule has 0 radical (unpaired) electrons. The van der Waals surface area contributed by atoms with Gasteiger partial charge in [-0.2, -0.15) is 13.2 Å². The van der Waals surface area contributed by atoms with Crippen LogP contribution >= 0.6 is 0 Å². The summed E-state index contributed by atoms with van der Waals surface area (Å²) in [5.74, 6) is -0.488. The molecule has 0 spiro atoms. The van der Waals surface area contributed by atoms with E-state index in [1.165, 1.54) is 0 Å². The molecule has 0 saturated carbocycles. The average molecular weight is 344 g/mol. The lowest BCUT2D eigenvalue weighted by molar-refractivity contribution is -0.174. The number of rotatable bonds is 7. The Morgan fingerprint density at radius 3 is 2.79 bits per heavy atom. The minimum Gasteiger partial charge on any atom is -0.372 e. The zero-order chi connectivity index (χ0) is 17.6. The summed E-state index contributed by atoms with van der Waals surface area (Å²) >= 11 is 0. The summed E-state index contributed by atoms with van der Waals surface area (Å²) < 4.78 is 40.9. The number of aromatic nitrogens is 3. The zero-order valence-electron chi connectivity index (χ0n) is 12.5. The van der Waals surface area contributed by atoms with Gasteiger partial charge in [-0.15, -0.1) is 5.10 Å². The van der Waals surface area contributed by atoms with Crippen LogP contribution in [0.5, 0.6) is 0 Å². The second-order valence-electron chi connectivity index (χ2n) is 4.94. The predicted molar refractivity (Wildman–Crippen MR) is 78.3 cm³/mol. The number of nitrogens with one attached hydrogen (secondary N) is 1. The van der Waals surface area contributed by atoms with Crippen molar-refractivity contribution in [2.45, 2.75) is 19.1 Å². The molecule has 0 atom stereocenters. The molecule has 0 bridgehead atoms. The fraction of sp³-hybridized carbons (Fsp3) is 0.429. The fourth-order valence-electron chi connectivity index (χ4n) is 1.91. The van der Waals surface area contributed by atoms with Crippen molar-refractivity contribution in [1.82, 2.24) is 20.3 Å². The van der Waals surface area contributed by atoms with E-state index in [0.717, 1.165) is 4.68 Å². The smallest absolute Gasteiger partial charge is 0.372 e. The van der Waals surface area contributed by atoms with Crippen molar-refractivity contribution in [2.24, 2.45) is 0 Å². The summed E-state index contributed by atoms with van der Waals surface area (Å²) in [5.41, 5.74) is -0.00904. The number of alkyl halides is 3. The van der Waals surface area contributed by atoms with Gasteiger partial charge in [-0.25, -0.2) is 4.68 Å². The van der Waals surface area contributed by atoms with Crippen LogP contribution in [0.4, 0.5) is 13.2 Å². The van der Waals surface area contributed by atoms with Gasteiger partial charge in [-0.1, -0.05) is 17.3 Å². The molecular weight excluding hydrogens is 329 g/mol. The molecule has 1 heterocycles. The van der Waals surface area contributed by atoms with Crippen molar-refractivity contribution in [3.63, 3.8) is 0 Å². The topological polar surface area (TPSA) is 86.1 Å². The van der Waals surface area contributed by atoms with E-state index in [2.05, 4.69) is 20.4 Å². The van der Waals surface area contributed by atoms with E-state index in [1.807, 2.05) is 0 Å². The van der Waals surface area contributed by atoms with Gasteiger partial charge in [0.05, 0.1) is 5.39 Å². The first-order valence-electron chi connectivity index (χ1n) is 7.10. The lowest BCUT2D eigenvalue weighted by Gasteiger charge is -2.08. The third-order valence-electron chi connectivity index (χ3n) is 2.98. The summed E-state index contributed by atoms with van der Waals surface area (Å²) in [6, 6.07) is 6.61. The number of halogens is 3. The van der Waals surface area contributed by atoms with Crippen LogP contribution in [0.1, 0.15) is 6.42 Å². The van der Waals surface area contributed by atoms with Crippen molar-refractivity contribution >= 4 is 16.8 Å². The molecule has 0 saturated heterocycles. The third-order valence-corrected chi connectivity index (χ3v) is 2.98. The standard InChI is InChI=1S/C14H15F3N4O3/c15-14(16,17)9-24-7-3-6-18-12(22)8-21-13(23)10-4-1-2-5-11(10)19-20-21/h1-2,4-5H,3,6-9H2,(H,18,22). The van der Waals surface area contributed by atoms with Gasteiger partial charge in [0.15, 0.2) is 0 Å². The van der Waals surface area contributed by atoms with E-state index in [-0.39, 0.29) is 26.1 Å². The number of carbonyl (C=O) groups is 1. The van der Waals surface area contributed by atoms with Gasteiger partial charge in [-0.05, 0) is 18.6 Å². The Hall–Kier alpha value is -2.49. The highest BCUT2D eigenvalue weighted by atomic mass is 19.4. The Balaban J connectivity index is 1.79. The van der Waals surface area contributed by atoms with Crippen LogP contribution < -0.4 is 10.9 Å². The fourth-order valence-corrected chi connectivity index (χ4v) is 1.91. The molecule has 2 aromatic rings. The maximum Gasteiger partial charge on any atom is 0.411 e. The van der Waals surface area contributed by atoms with Crippen LogP contribution in [-0.4, -0.2) is 46.8 Å². The van der Waals surface area contributed by atoms with E-state index in [0.29, 0.717) is 10.9 Å². The molecule has 7 nitrogen and oxygen atoms in total. The molecule has 1 aromatic heterocycles. The number of amides is 1. The third kappa shape index (κ3) is 5.30. The van der Waals surface area contributed by atoms with Gasteiger partial charge in [0.25, 0.3) is 5.56 Å². The van der Waals surface area contributed by atoms with E-state index < -0.39 is 24.2 Å². The van der Waals surface area contributed by atoms with Crippen molar-refractivity contribution in [3.8, 4) is 0 Å². The molecule has 24 heavy (non-hydrogen) atoms. The van der Waals surface area contributed by atoms with E-state index in [4.69, 9.17) is 0 Å². The molecule has 0 aliphatic rings. The zero-order valence-corrected chi connectivity index (χ0v) is 12.5. The molecule has 130 valence electrons. The van der Waals surface area contributed by atoms with E-state index in [1.54, 1.807) is 24.3 Å². The highest BCUT2D eigenvalue weighted by molar-refractivity contribution is 5.78. The lowest BCUT2D eigenvalue weighted by Crippen LogP contribution is -2.35. The number of hydrogen-bond acceptors (Lipinski definition) is 5. The molecule has 2 rings (SSSR count). The minimum absolute atomic E-state index is 0.129. The van der Waals surface area contributed by atoms with Crippen molar-refractivity contribution in [3.05, 3.63) is 34.6 Å². The quantitative estimate of drug-likeness (QED) is 0.754. The lowest BCUT2D eigenvalue weighted by atomic mass is 10.2. The van der Waals surface area contributed by atoms with Crippen LogP contribution in [0.15, 0.2) is 29.1 Å². The Labute approximate surface area is 134 Å². The Morgan fingerprint density at radius 2 is 2.04 bits per heavy atom. The predicted octanol–water partition coefficient (Wildman–Crippen LogP) is 0.877. The SMILES string of the molecule is O=C(Cn1nnc2ccccc2c1=O)NCCCOCC(F)(F)F. The Kier molecular flexibility index (Phi) is 5.85. The number of nitrogens with zero attached hydrogens (tertiary/aromatic N) is 3. The maximum absolute atomic E-state index is 12.1. The second-order valence-corrected chi connectivity index (χ2v) is 4.94. The largest absolute Gasteiger partial charge is 0.411 e. The molecular formula is C14H15F3N4O3. The summed E-state index contributed by atoms with van der Waals surface area (Å²) in [7, 11) is 0. The molecule has 1 N–H and O–H groups in total. The summed E-state index contributed by atoms with van der Waals surface area (Å²) in [6.07, 6.45) is -4.14. The van der Waals surface area contributed by atoms with Gasteiger partial charge in [0.2, 0.25) is 5.91 Å². The van der Waals surface area contributed by atoms with Crippen LogP contribution in [0, 0.1) is 0 Å². The van der Waals surface area contributed by atoms with Gasteiger partial charge in [-0.3, -0.25) is 9.59 Å². The van der Waals surface area contributed by atoms with Crippen LogP contribution in [0.3, 0.4) is 0 Å².